The Kier molecular flexibility index (Phi) is 6.19. The van der Waals surface area contributed by atoms with Crippen LogP contribution in [0.25, 0.3) is 0 Å². The maximum Gasteiger partial charge on any atom is 0.340 e. The SMILES string of the molecule is COC(=O)c1cc(NCCc2ccc(S(=O)(=O)c3ccccc3)cc2)ccc1N. The highest BCUT2D eigenvalue weighted by molar-refractivity contribution is 7.91. The molecule has 3 aromatic carbocycles. The molecule has 0 fully saturated rings. The maximum atomic E-state index is 12.6. The molecule has 0 saturated carbocycles. The zero-order valence-electron chi connectivity index (χ0n) is 16.0. The molecule has 29 heavy (non-hydrogen) atoms. The van der Waals surface area contributed by atoms with E-state index in [2.05, 4.69) is 5.32 Å². The van der Waals surface area contributed by atoms with Crippen LogP contribution in [0.15, 0.2) is 82.6 Å². The number of anilines is 2. The van der Waals surface area contributed by atoms with Crippen molar-refractivity contribution in [3.05, 3.63) is 83.9 Å². The highest BCUT2D eigenvalue weighted by Gasteiger charge is 2.16. The molecule has 150 valence electrons. The van der Waals surface area contributed by atoms with Gasteiger partial charge in [-0.3, -0.25) is 0 Å². The van der Waals surface area contributed by atoms with E-state index in [0.29, 0.717) is 24.2 Å². The van der Waals surface area contributed by atoms with Crippen molar-refractivity contribution in [3.8, 4) is 0 Å². The third-order valence-electron chi connectivity index (χ3n) is 4.49. The average Bonchev–Trinajstić information content (AvgIpc) is 2.75. The van der Waals surface area contributed by atoms with Gasteiger partial charge in [0.15, 0.2) is 0 Å². The zero-order chi connectivity index (χ0) is 20.9. The van der Waals surface area contributed by atoms with Gasteiger partial charge < -0.3 is 15.8 Å². The van der Waals surface area contributed by atoms with E-state index in [-0.39, 0.29) is 9.79 Å². The fraction of sp³-hybridized carbons (Fsp3) is 0.136. The quantitative estimate of drug-likeness (QED) is 0.457. The van der Waals surface area contributed by atoms with Gasteiger partial charge >= 0.3 is 5.97 Å². The van der Waals surface area contributed by atoms with E-state index in [0.717, 1.165) is 11.3 Å². The number of methoxy groups -OCH3 is 1. The van der Waals surface area contributed by atoms with Crippen LogP contribution in [-0.2, 0) is 21.0 Å². The van der Waals surface area contributed by atoms with Crippen LogP contribution in [0.2, 0.25) is 0 Å². The van der Waals surface area contributed by atoms with Crippen molar-refractivity contribution in [2.45, 2.75) is 16.2 Å². The molecule has 0 aromatic heterocycles. The third-order valence-corrected chi connectivity index (χ3v) is 6.27. The summed E-state index contributed by atoms with van der Waals surface area (Å²) in [5.41, 5.74) is 8.22. The first-order chi connectivity index (χ1) is 13.9. The van der Waals surface area contributed by atoms with Gasteiger partial charge in [0, 0.05) is 17.9 Å². The van der Waals surface area contributed by atoms with Crippen molar-refractivity contribution in [3.63, 3.8) is 0 Å². The molecule has 3 N–H and O–H groups in total. The Morgan fingerprint density at radius 3 is 2.28 bits per heavy atom. The fourth-order valence-corrected chi connectivity index (χ4v) is 4.16. The predicted octanol–water partition coefficient (Wildman–Crippen LogP) is 3.54. The first kappa shape index (κ1) is 20.4. The summed E-state index contributed by atoms with van der Waals surface area (Å²) in [7, 11) is -2.20. The molecule has 0 amide bonds. The van der Waals surface area contributed by atoms with E-state index in [1.807, 2.05) is 0 Å². The van der Waals surface area contributed by atoms with Crippen LogP contribution in [0, 0.1) is 0 Å². The Morgan fingerprint density at radius 2 is 1.62 bits per heavy atom. The number of hydrogen-bond donors (Lipinski definition) is 2. The molecule has 6 nitrogen and oxygen atoms in total. The van der Waals surface area contributed by atoms with Gasteiger partial charge in [-0.1, -0.05) is 30.3 Å². The number of nitrogen functional groups attached to an aromatic ring is 1. The van der Waals surface area contributed by atoms with E-state index in [4.69, 9.17) is 10.5 Å². The number of nitrogens with two attached hydrogens (primary N) is 1. The molecule has 0 heterocycles. The minimum absolute atomic E-state index is 0.265. The van der Waals surface area contributed by atoms with Crippen molar-refractivity contribution in [2.75, 3.05) is 24.7 Å². The monoisotopic (exact) mass is 410 g/mol. The number of esters is 1. The van der Waals surface area contributed by atoms with E-state index < -0.39 is 15.8 Å². The molecule has 0 atom stereocenters. The molecule has 0 spiro atoms. The highest BCUT2D eigenvalue weighted by Crippen LogP contribution is 2.21. The molecule has 0 bridgehead atoms. The second-order valence-electron chi connectivity index (χ2n) is 6.43. The Morgan fingerprint density at radius 1 is 0.966 bits per heavy atom. The summed E-state index contributed by atoms with van der Waals surface area (Å²) < 4.78 is 30.0. The molecule has 3 aromatic rings. The Labute approximate surface area is 170 Å². The summed E-state index contributed by atoms with van der Waals surface area (Å²) in [6, 6.07) is 20.3. The lowest BCUT2D eigenvalue weighted by Crippen LogP contribution is -2.09. The van der Waals surface area contributed by atoms with Gasteiger partial charge in [-0.05, 0) is 54.4 Å². The molecule has 0 aliphatic carbocycles. The molecule has 0 aliphatic rings. The van der Waals surface area contributed by atoms with Crippen molar-refractivity contribution >= 4 is 27.2 Å². The molecule has 0 radical (unpaired) electrons. The van der Waals surface area contributed by atoms with Crippen LogP contribution in [0.5, 0.6) is 0 Å². The number of rotatable bonds is 7. The second kappa shape index (κ2) is 8.79. The van der Waals surface area contributed by atoms with Gasteiger partial charge in [-0.2, -0.15) is 0 Å². The zero-order valence-corrected chi connectivity index (χ0v) is 16.8. The third kappa shape index (κ3) is 4.75. The Hall–Kier alpha value is -3.32. The lowest BCUT2D eigenvalue weighted by atomic mass is 10.1. The van der Waals surface area contributed by atoms with Crippen molar-refractivity contribution < 1.29 is 17.9 Å². The molecule has 0 saturated heterocycles. The first-order valence-electron chi connectivity index (χ1n) is 9.02. The molecule has 0 aliphatic heterocycles. The fourth-order valence-electron chi connectivity index (χ4n) is 2.88. The van der Waals surface area contributed by atoms with Crippen molar-refractivity contribution in [2.24, 2.45) is 0 Å². The van der Waals surface area contributed by atoms with Crippen LogP contribution in [-0.4, -0.2) is 28.0 Å². The van der Waals surface area contributed by atoms with Gasteiger partial charge in [0.1, 0.15) is 0 Å². The number of sulfone groups is 1. The summed E-state index contributed by atoms with van der Waals surface area (Å²) in [6.45, 7) is 0.606. The predicted molar refractivity (Wildman–Crippen MR) is 113 cm³/mol. The van der Waals surface area contributed by atoms with Crippen molar-refractivity contribution in [1.82, 2.24) is 0 Å². The summed E-state index contributed by atoms with van der Waals surface area (Å²) in [6.07, 6.45) is 0.684. The molecule has 7 heteroatoms. The minimum atomic E-state index is -3.51. The van der Waals surface area contributed by atoms with Gasteiger partial charge in [-0.15, -0.1) is 0 Å². The number of nitrogens with one attached hydrogen (secondary N) is 1. The molecule has 0 unspecified atom stereocenters. The number of ether oxygens (including phenoxy) is 1. The van der Waals surface area contributed by atoms with Crippen LogP contribution in [0.3, 0.4) is 0 Å². The number of hydrogen-bond acceptors (Lipinski definition) is 6. The maximum absolute atomic E-state index is 12.6. The Bertz CT molecular complexity index is 1100. The smallest absolute Gasteiger partial charge is 0.340 e. The lowest BCUT2D eigenvalue weighted by molar-refractivity contribution is 0.0602. The van der Waals surface area contributed by atoms with Crippen LogP contribution < -0.4 is 11.1 Å². The lowest BCUT2D eigenvalue weighted by Gasteiger charge is -2.10. The van der Waals surface area contributed by atoms with E-state index in [1.54, 1.807) is 72.8 Å². The standard InChI is InChI=1S/C22H22N2O4S/c1-28-22(25)20-15-17(9-12-21(20)23)24-14-13-16-7-10-19(11-8-16)29(26,27)18-5-3-2-4-6-18/h2-12,15,24H,13-14,23H2,1H3. The van der Waals surface area contributed by atoms with E-state index in [1.165, 1.54) is 7.11 Å². The van der Waals surface area contributed by atoms with Crippen molar-refractivity contribution in [1.29, 1.82) is 0 Å². The molecular formula is C22H22N2O4S. The summed E-state index contributed by atoms with van der Waals surface area (Å²) in [5.74, 6) is -0.485. The van der Waals surface area contributed by atoms with Gasteiger partial charge in [-0.25, -0.2) is 13.2 Å². The second-order valence-corrected chi connectivity index (χ2v) is 8.38. The molecular weight excluding hydrogens is 388 g/mol. The molecule has 3 rings (SSSR count). The van der Waals surface area contributed by atoms with E-state index in [9.17, 15) is 13.2 Å². The highest BCUT2D eigenvalue weighted by atomic mass is 32.2. The average molecular weight is 410 g/mol. The summed E-state index contributed by atoms with van der Waals surface area (Å²) in [4.78, 5) is 12.3. The number of carbonyl (C=O) groups is 1. The normalized spacial score (nSPS) is 11.1. The van der Waals surface area contributed by atoms with Gasteiger partial charge in [0.25, 0.3) is 0 Å². The number of carbonyl (C=O) groups excluding carboxylic acids is 1. The van der Waals surface area contributed by atoms with Crippen LogP contribution in [0.4, 0.5) is 11.4 Å². The summed E-state index contributed by atoms with van der Waals surface area (Å²) in [5, 5.41) is 3.23. The van der Waals surface area contributed by atoms with Gasteiger partial charge in [0.05, 0.1) is 22.5 Å². The summed E-state index contributed by atoms with van der Waals surface area (Å²) >= 11 is 0. The van der Waals surface area contributed by atoms with E-state index >= 15 is 0 Å². The van der Waals surface area contributed by atoms with Crippen LogP contribution in [0.1, 0.15) is 15.9 Å². The number of benzene rings is 3. The van der Waals surface area contributed by atoms with Gasteiger partial charge in [0.2, 0.25) is 9.84 Å². The Balaban J connectivity index is 1.64. The van der Waals surface area contributed by atoms with Crippen LogP contribution >= 0.6 is 0 Å². The topological polar surface area (TPSA) is 98.5 Å². The minimum Gasteiger partial charge on any atom is -0.465 e. The first-order valence-corrected chi connectivity index (χ1v) is 10.5. The largest absolute Gasteiger partial charge is 0.465 e.